The first-order valence-corrected chi connectivity index (χ1v) is 7.14. The molecule has 0 radical (unpaired) electrons. The number of aliphatic hydroxyl groups is 1. The predicted molar refractivity (Wildman–Crippen MR) is 69.1 cm³/mol. The van der Waals surface area contributed by atoms with Crippen LogP contribution in [0, 0.1) is 11.8 Å². The van der Waals surface area contributed by atoms with E-state index in [9.17, 15) is 9.90 Å². The summed E-state index contributed by atoms with van der Waals surface area (Å²) in [6.07, 6.45) is 3.55. The fraction of sp³-hybridized carbons (Fsp3) is 0.929. The van der Waals surface area contributed by atoms with E-state index < -0.39 is 0 Å². The molecule has 104 valence electrons. The minimum Gasteiger partial charge on any atom is -0.391 e. The van der Waals surface area contributed by atoms with E-state index in [0.717, 1.165) is 25.7 Å². The molecule has 0 bridgehead atoms. The Bertz CT molecular complexity index is 307. The second kappa shape index (κ2) is 5.57. The highest BCUT2D eigenvalue weighted by molar-refractivity contribution is 5.80. The second-order valence-corrected chi connectivity index (χ2v) is 5.90. The molecule has 1 saturated heterocycles. The molecule has 18 heavy (non-hydrogen) atoms. The molecule has 2 fully saturated rings. The van der Waals surface area contributed by atoms with Crippen LogP contribution in [0.1, 0.15) is 46.5 Å². The van der Waals surface area contributed by atoms with Crippen molar-refractivity contribution in [2.75, 3.05) is 0 Å². The van der Waals surface area contributed by atoms with Gasteiger partial charge in [0.05, 0.1) is 30.3 Å². The van der Waals surface area contributed by atoms with E-state index >= 15 is 0 Å². The highest BCUT2D eigenvalue weighted by Gasteiger charge is 2.42. The summed E-state index contributed by atoms with van der Waals surface area (Å²) >= 11 is 0. The Kier molecular flexibility index (Phi) is 4.28. The summed E-state index contributed by atoms with van der Waals surface area (Å²) in [6.45, 7) is 6.04. The van der Waals surface area contributed by atoms with Gasteiger partial charge in [-0.05, 0) is 32.6 Å². The summed E-state index contributed by atoms with van der Waals surface area (Å²) in [7, 11) is 0. The maximum absolute atomic E-state index is 12.3. The summed E-state index contributed by atoms with van der Waals surface area (Å²) < 4.78 is 5.70. The van der Waals surface area contributed by atoms with Crippen LogP contribution >= 0.6 is 0 Å². The minimum absolute atomic E-state index is 0.0317. The summed E-state index contributed by atoms with van der Waals surface area (Å²) in [4.78, 5) is 12.3. The van der Waals surface area contributed by atoms with Gasteiger partial charge in [-0.25, -0.2) is 0 Å². The zero-order chi connectivity index (χ0) is 13.3. The average Bonchev–Trinajstić information content (AvgIpc) is 2.56. The van der Waals surface area contributed by atoms with E-state index in [1.54, 1.807) is 0 Å². The van der Waals surface area contributed by atoms with Gasteiger partial charge in [0.1, 0.15) is 0 Å². The van der Waals surface area contributed by atoms with Gasteiger partial charge in [-0.3, -0.25) is 4.79 Å². The number of hydrogen-bond acceptors (Lipinski definition) is 3. The smallest absolute Gasteiger partial charge is 0.226 e. The van der Waals surface area contributed by atoms with Gasteiger partial charge in [0.15, 0.2) is 0 Å². The molecule has 4 nitrogen and oxygen atoms in total. The molecular weight excluding hydrogens is 230 g/mol. The maximum Gasteiger partial charge on any atom is 0.226 e. The lowest BCUT2D eigenvalue weighted by Crippen LogP contribution is -2.49. The summed E-state index contributed by atoms with van der Waals surface area (Å²) in [5, 5.41) is 12.9. The van der Waals surface area contributed by atoms with Crippen molar-refractivity contribution >= 4 is 5.91 Å². The summed E-state index contributed by atoms with van der Waals surface area (Å²) in [5.41, 5.74) is 0. The minimum atomic E-state index is -0.381. The van der Waals surface area contributed by atoms with Gasteiger partial charge in [-0.1, -0.05) is 19.8 Å². The van der Waals surface area contributed by atoms with Crippen molar-refractivity contribution in [1.82, 2.24) is 5.32 Å². The number of amides is 1. The summed E-state index contributed by atoms with van der Waals surface area (Å²) in [6, 6.07) is -0.0680. The molecule has 1 heterocycles. The number of carbonyl (C=O) groups excluding carboxylic acids is 1. The molecule has 4 unspecified atom stereocenters. The lowest BCUT2D eigenvalue weighted by atomic mass is 9.87. The van der Waals surface area contributed by atoms with Gasteiger partial charge in [-0.2, -0.15) is 0 Å². The zero-order valence-electron chi connectivity index (χ0n) is 11.6. The van der Waals surface area contributed by atoms with Gasteiger partial charge in [0.25, 0.3) is 0 Å². The van der Waals surface area contributed by atoms with Crippen LogP contribution in [0.4, 0.5) is 0 Å². The largest absolute Gasteiger partial charge is 0.391 e. The highest BCUT2D eigenvalue weighted by atomic mass is 16.5. The molecular formula is C14H25NO3. The highest BCUT2D eigenvalue weighted by Crippen LogP contribution is 2.32. The van der Waals surface area contributed by atoms with Crippen LogP contribution in [0.25, 0.3) is 0 Å². The molecule has 2 aliphatic rings. The number of nitrogens with one attached hydrogen (secondary N) is 1. The maximum atomic E-state index is 12.3. The van der Waals surface area contributed by atoms with E-state index in [2.05, 4.69) is 12.2 Å². The van der Waals surface area contributed by atoms with E-state index in [-0.39, 0.29) is 42.1 Å². The van der Waals surface area contributed by atoms with Crippen LogP contribution < -0.4 is 5.32 Å². The fourth-order valence-corrected chi connectivity index (χ4v) is 3.28. The van der Waals surface area contributed by atoms with Crippen molar-refractivity contribution in [3.05, 3.63) is 0 Å². The average molecular weight is 255 g/mol. The SMILES string of the molecule is CC1OC(C)C(C(=O)N[C@H]2CCCC[C@@H]2O)C1C. The van der Waals surface area contributed by atoms with Crippen LogP contribution in [0.2, 0.25) is 0 Å². The van der Waals surface area contributed by atoms with Crippen molar-refractivity contribution in [2.24, 2.45) is 11.8 Å². The van der Waals surface area contributed by atoms with Crippen LogP contribution in [0.5, 0.6) is 0 Å². The molecule has 2 N–H and O–H groups in total. The van der Waals surface area contributed by atoms with Crippen molar-refractivity contribution < 1.29 is 14.6 Å². The summed E-state index contributed by atoms with van der Waals surface area (Å²) in [5.74, 6) is 0.195. The zero-order valence-corrected chi connectivity index (χ0v) is 11.6. The van der Waals surface area contributed by atoms with E-state index in [1.807, 2.05) is 13.8 Å². The Balaban J connectivity index is 1.95. The number of aliphatic hydroxyl groups excluding tert-OH is 1. The van der Waals surface area contributed by atoms with Gasteiger partial charge in [0, 0.05) is 0 Å². The predicted octanol–water partition coefficient (Wildman–Crippen LogP) is 1.47. The van der Waals surface area contributed by atoms with Crippen LogP contribution in [-0.2, 0) is 9.53 Å². The fourth-order valence-electron chi connectivity index (χ4n) is 3.28. The van der Waals surface area contributed by atoms with Crippen molar-refractivity contribution in [3.8, 4) is 0 Å². The third-order valence-corrected chi connectivity index (χ3v) is 4.60. The molecule has 0 spiro atoms. The van der Waals surface area contributed by atoms with E-state index in [0.29, 0.717) is 0 Å². The lowest BCUT2D eigenvalue weighted by Gasteiger charge is -2.30. The van der Waals surface area contributed by atoms with Crippen molar-refractivity contribution in [3.63, 3.8) is 0 Å². The molecule has 0 aromatic rings. The molecule has 1 aliphatic heterocycles. The Morgan fingerprint density at radius 3 is 2.39 bits per heavy atom. The monoisotopic (exact) mass is 255 g/mol. The van der Waals surface area contributed by atoms with Crippen LogP contribution in [0.15, 0.2) is 0 Å². The number of ether oxygens (including phenoxy) is 1. The lowest BCUT2D eigenvalue weighted by molar-refractivity contribution is -0.129. The van der Waals surface area contributed by atoms with Gasteiger partial charge in [-0.15, -0.1) is 0 Å². The first kappa shape index (κ1) is 13.8. The van der Waals surface area contributed by atoms with Gasteiger partial charge >= 0.3 is 0 Å². The molecule has 0 aromatic carbocycles. The van der Waals surface area contributed by atoms with Crippen molar-refractivity contribution in [1.29, 1.82) is 0 Å². The quantitative estimate of drug-likeness (QED) is 0.785. The second-order valence-electron chi connectivity index (χ2n) is 5.90. The third-order valence-electron chi connectivity index (χ3n) is 4.60. The Hall–Kier alpha value is -0.610. The first-order valence-electron chi connectivity index (χ1n) is 7.14. The molecule has 0 aromatic heterocycles. The van der Waals surface area contributed by atoms with Crippen LogP contribution in [-0.4, -0.2) is 35.4 Å². The standard InChI is InChI=1S/C14H25NO3/c1-8-9(2)18-10(3)13(8)14(17)15-11-6-4-5-7-12(11)16/h8-13,16H,4-7H2,1-3H3,(H,15,17)/t8?,9?,10?,11-,12-,13?/m0/s1. The molecule has 4 heteroatoms. The molecule has 2 rings (SSSR count). The molecule has 1 amide bonds. The Labute approximate surface area is 109 Å². The van der Waals surface area contributed by atoms with Gasteiger partial charge in [0.2, 0.25) is 5.91 Å². The van der Waals surface area contributed by atoms with Crippen molar-refractivity contribution in [2.45, 2.75) is 70.8 Å². The number of hydrogen-bond donors (Lipinski definition) is 2. The van der Waals surface area contributed by atoms with E-state index in [1.165, 1.54) is 0 Å². The Morgan fingerprint density at radius 1 is 1.17 bits per heavy atom. The third kappa shape index (κ3) is 2.69. The molecule has 1 aliphatic carbocycles. The first-order chi connectivity index (χ1) is 8.50. The number of carbonyl (C=O) groups is 1. The van der Waals surface area contributed by atoms with Crippen LogP contribution in [0.3, 0.4) is 0 Å². The number of rotatable bonds is 2. The topological polar surface area (TPSA) is 58.6 Å². The van der Waals surface area contributed by atoms with Gasteiger partial charge < -0.3 is 15.2 Å². The normalized spacial score (nSPS) is 44.9. The molecule has 1 saturated carbocycles. The molecule has 6 atom stereocenters. The van der Waals surface area contributed by atoms with E-state index in [4.69, 9.17) is 4.74 Å². The Morgan fingerprint density at radius 2 is 1.83 bits per heavy atom.